The summed E-state index contributed by atoms with van der Waals surface area (Å²) < 4.78 is 0. The highest BCUT2D eigenvalue weighted by atomic mass is 32.1. The van der Waals surface area contributed by atoms with Gasteiger partial charge in [-0.05, 0) is 29.3 Å². The molecule has 5 heteroatoms. The lowest BCUT2D eigenvalue weighted by molar-refractivity contribution is -0.143. The zero-order valence-corrected chi connectivity index (χ0v) is 9.45. The fourth-order valence-electron chi connectivity index (χ4n) is 1.28. The van der Waals surface area contributed by atoms with Gasteiger partial charge in [0.15, 0.2) is 0 Å². The summed E-state index contributed by atoms with van der Waals surface area (Å²) in [5.74, 6) is -1.44. The molecule has 0 aromatic carbocycles. The number of hydrogen-bond acceptors (Lipinski definition) is 3. The van der Waals surface area contributed by atoms with Gasteiger partial charge in [-0.3, -0.25) is 9.59 Å². The third kappa shape index (κ3) is 3.06. The molecule has 0 radical (unpaired) electrons. The van der Waals surface area contributed by atoms with Crippen LogP contribution in [0.5, 0.6) is 0 Å². The van der Waals surface area contributed by atoms with Crippen LogP contribution >= 0.6 is 11.3 Å². The maximum Gasteiger partial charge on any atom is 0.323 e. The third-order valence-corrected chi connectivity index (χ3v) is 2.86. The van der Waals surface area contributed by atoms with E-state index >= 15 is 0 Å². The highest BCUT2D eigenvalue weighted by Crippen LogP contribution is 2.19. The van der Waals surface area contributed by atoms with Gasteiger partial charge in [-0.25, -0.2) is 0 Å². The Morgan fingerprint density at radius 2 is 2.27 bits per heavy atom. The maximum absolute atomic E-state index is 11.7. The molecule has 0 saturated heterocycles. The van der Waals surface area contributed by atoms with Crippen molar-refractivity contribution in [3.63, 3.8) is 0 Å². The molecule has 1 aromatic heterocycles. The molecule has 1 amide bonds. The van der Waals surface area contributed by atoms with Crippen LogP contribution in [0.4, 0.5) is 0 Å². The average molecular weight is 227 g/mol. The van der Waals surface area contributed by atoms with Gasteiger partial charge in [0, 0.05) is 7.05 Å². The number of rotatable bonds is 4. The fourth-order valence-corrected chi connectivity index (χ4v) is 2.03. The minimum atomic E-state index is -0.997. The van der Waals surface area contributed by atoms with Crippen LogP contribution in [-0.4, -0.2) is 35.5 Å². The van der Waals surface area contributed by atoms with Crippen molar-refractivity contribution in [3.8, 4) is 0 Å². The lowest BCUT2D eigenvalue weighted by Gasteiger charge is -2.18. The van der Waals surface area contributed by atoms with Crippen LogP contribution in [0.3, 0.4) is 0 Å². The van der Waals surface area contributed by atoms with Crippen LogP contribution in [0.25, 0.3) is 0 Å². The van der Waals surface area contributed by atoms with Gasteiger partial charge in [0.25, 0.3) is 0 Å². The molecule has 82 valence electrons. The molecule has 1 heterocycles. The lowest BCUT2D eigenvalue weighted by atomic mass is 10.0. The molecule has 0 aliphatic heterocycles. The second-order valence-electron chi connectivity index (χ2n) is 3.37. The van der Waals surface area contributed by atoms with E-state index in [0.717, 1.165) is 5.56 Å². The molecule has 4 nitrogen and oxygen atoms in total. The molecule has 1 N–H and O–H groups in total. The standard InChI is InChI=1S/C10H13NO3S/c1-7(8-3-4-15-6-8)10(14)11(2)5-9(12)13/h3-4,6-7H,5H2,1-2H3,(H,12,13). The Morgan fingerprint density at radius 3 is 2.73 bits per heavy atom. The van der Waals surface area contributed by atoms with E-state index in [1.807, 2.05) is 16.8 Å². The molecular weight excluding hydrogens is 214 g/mol. The van der Waals surface area contributed by atoms with Crippen molar-refractivity contribution in [3.05, 3.63) is 22.4 Å². The largest absolute Gasteiger partial charge is 0.480 e. The second kappa shape index (κ2) is 4.93. The van der Waals surface area contributed by atoms with E-state index in [9.17, 15) is 9.59 Å². The van der Waals surface area contributed by atoms with Crippen LogP contribution in [0, 0.1) is 0 Å². The van der Waals surface area contributed by atoms with Crippen LogP contribution in [0.1, 0.15) is 18.4 Å². The summed E-state index contributed by atoms with van der Waals surface area (Å²) in [6.07, 6.45) is 0. The van der Waals surface area contributed by atoms with Crippen molar-refractivity contribution in [1.82, 2.24) is 4.90 Å². The Bertz CT molecular complexity index is 348. The van der Waals surface area contributed by atoms with E-state index in [0.29, 0.717) is 0 Å². The molecule has 0 spiro atoms. The van der Waals surface area contributed by atoms with Crippen molar-refractivity contribution in [1.29, 1.82) is 0 Å². The van der Waals surface area contributed by atoms with E-state index in [-0.39, 0.29) is 18.4 Å². The Morgan fingerprint density at radius 1 is 1.60 bits per heavy atom. The van der Waals surface area contributed by atoms with Gasteiger partial charge in [-0.2, -0.15) is 11.3 Å². The van der Waals surface area contributed by atoms with Crippen molar-refractivity contribution in [2.45, 2.75) is 12.8 Å². The average Bonchev–Trinajstić information content (AvgIpc) is 2.67. The molecule has 1 aromatic rings. The monoisotopic (exact) mass is 227 g/mol. The number of carboxylic acids is 1. The number of nitrogens with zero attached hydrogens (tertiary/aromatic N) is 1. The summed E-state index contributed by atoms with van der Waals surface area (Å²) in [5.41, 5.74) is 0.933. The summed E-state index contributed by atoms with van der Waals surface area (Å²) in [7, 11) is 1.50. The topological polar surface area (TPSA) is 57.6 Å². The first-order valence-corrected chi connectivity index (χ1v) is 5.45. The lowest BCUT2D eigenvalue weighted by Crippen LogP contribution is -2.34. The first-order chi connectivity index (χ1) is 7.02. The second-order valence-corrected chi connectivity index (χ2v) is 4.15. The number of thiophene rings is 1. The Labute approximate surface area is 92.1 Å². The van der Waals surface area contributed by atoms with E-state index in [4.69, 9.17) is 5.11 Å². The highest BCUT2D eigenvalue weighted by Gasteiger charge is 2.20. The predicted molar refractivity (Wildman–Crippen MR) is 58.0 cm³/mol. The summed E-state index contributed by atoms with van der Waals surface area (Å²) in [4.78, 5) is 23.4. The first kappa shape index (κ1) is 11.7. The molecule has 1 unspecified atom stereocenters. The molecule has 1 rings (SSSR count). The van der Waals surface area contributed by atoms with Crippen molar-refractivity contribution in [2.75, 3.05) is 13.6 Å². The van der Waals surface area contributed by atoms with Gasteiger partial charge in [0.05, 0.1) is 5.92 Å². The highest BCUT2D eigenvalue weighted by molar-refractivity contribution is 7.08. The molecule has 0 aliphatic carbocycles. The van der Waals surface area contributed by atoms with E-state index < -0.39 is 5.97 Å². The van der Waals surface area contributed by atoms with Crippen molar-refractivity contribution >= 4 is 23.2 Å². The van der Waals surface area contributed by atoms with E-state index in [1.165, 1.54) is 23.3 Å². The number of aliphatic carboxylic acids is 1. The number of carboxylic acid groups (broad SMARTS) is 1. The summed E-state index contributed by atoms with van der Waals surface area (Å²) in [6, 6.07) is 1.88. The summed E-state index contributed by atoms with van der Waals surface area (Å²) in [6.45, 7) is 1.52. The molecule has 15 heavy (non-hydrogen) atoms. The van der Waals surface area contributed by atoms with Gasteiger partial charge in [-0.15, -0.1) is 0 Å². The smallest absolute Gasteiger partial charge is 0.323 e. The normalized spacial score (nSPS) is 12.1. The quantitative estimate of drug-likeness (QED) is 0.845. The van der Waals surface area contributed by atoms with Gasteiger partial charge >= 0.3 is 5.97 Å². The number of hydrogen-bond donors (Lipinski definition) is 1. The minimum absolute atomic E-state index is 0.171. The summed E-state index contributed by atoms with van der Waals surface area (Å²) in [5, 5.41) is 12.4. The van der Waals surface area contributed by atoms with Crippen LogP contribution in [0.2, 0.25) is 0 Å². The number of carbonyl (C=O) groups is 2. The molecule has 0 bridgehead atoms. The molecule has 0 aliphatic rings. The van der Waals surface area contributed by atoms with Crippen LogP contribution in [0.15, 0.2) is 16.8 Å². The van der Waals surface area contributed by atoms with E-state index in [1.54, 1.807) is 6.92 Å². The minimum Gasteiger partial charge on any atom is -0.480 e. The zero-order valence-electron chi connectivity index (χ0n) is 8.64. The molecule has 1 atom stereocenters. The van der Waals surface area contributed by atoms with Gasteiger partial charge in [-0.1, -0.05) is 0 Å². The van der Waals surface area contributed by atoms with Gasteiger partial charge < -0.3 is 10.0 Å². The first-order valence-electron chi connectivity index (χ1n) is 4.51. The molecular formula is C10H13NO3S. The number of carbonyl (C=O) groups excluding carboxylic acids is 1. The fraction of sp³-hybridized carbons (Fsp3) is 0.400. The number of amides is 1. The Kier molecular flexibility index (Phi) is 3.85. The predicted octanol–water partition coefficient (Wildman–Crippen LogP) is 1.39. The van der Waals surface area contributed by atoms with E-state index in [2.05, 4.69) is 0 Å². The van der Waals surface area contributed by atoms with Crippen LogP contribution in [-0.2, 0) is 9.59 Å². The number of likely N-dealkylation sites (N-methyl/N-ethyl adjacent to an activating group) is 1. The molecule has 0 saturated carbocycles. The van der Waals surface area contributed by atoms with Crippen molar-refractivity contribution in [2.24, 2.45) is 0 Å². The van der Waals surface area contributed by atoms with Crippen LogP contribution < -0.4 is 0 Å². The molecule has 0 fully saturated rings. The Balaban J connectivity index is 2.64. The third-order valence-electron chi connectivity index (χ3n) is 2.16. The van der Waals surface area contributed by atoms with Gasteiger partial charge in [0.1, 0.15) is 6.54 Å². The SMILES string of the molecule is CC(C(=O)N(C)CC(=O)O)c1ccsc1. The Hall–Kier alpha value is -1.36. The maximum atomic E-state index is 11.7. The van der Waals surface area contributed by atoms with Crippen molar-refractivity contribution < 1.29 is 14.7 Å². The van der Waals surface area contributed by atoms with Gasteiger partial charge in [0.2, 0.25) is 5.91 Å². The zero-order chi connectivity index (χ0) is 11.4. The summed E-state index contributed by atoms with van der Waals surface area (Å²) >= 11 is 1.52.